The van der Waals surface area contributed by atoms with Crippen molar-refractivity contribution >= 4 is 32.9 Å². The number of hydrogen-bond acceptors (Lipinski definition) is 2. The predicted octanol–water partition coefficient (Wildman–Crippen LogP) is 3.30. The molecule has 0 spiro atoms. The fourth-order valence-electron chi connectivity index (χ4n) is 1.23. The van der Waals surface area contributed by atoms with Crippen LogP contribution in [0.4, 0.5) is 0 Å². The van der Waals surface area contributed by atoms with Crippen LogP contribution in [0, 0.1) is 0 Å². The molecule has 2 rings (SSSR count). The molecule has 0 aliphatic heterocycles. The molecule has 15 heavy (non-hydrogen) atoms. The third-order valence-electron chi connectivity index (χ3n) is 2.04. The highest BCUT2D eigenvalue weighted by atomic mass is 79.9. The van der Waals surface area contributed by atoms with Gasteiger partial charge in [0.25, 0.3) is 0 Å². The van der Waals surface area contributed by atoms with Crippen molar-refractivity contribution in [3.05, 3.63) is 42.5 Å². The second kappa shape index (κ2) is 5.42. The Bertz CT molecular complexity index is 395. The van der Waals surface area contributed by atoms with E-state index in [1.807, 2.05) is 12.1 Å². The fraction of sp³-hybridized carbons (Fsp3) is 0.200. The van der Waals surface area contributed by atoms with Crippen LogP contribution in [0.2, 0.25) is 0 Å². The molecule has 1 atom stereocenters. The zero-order valence-corrected chi connectivity index (χ0v) is 11.5. The minimum absolute atomic E-state index is 0. The molecule has 1 unspecified atom stereocenters. The molecule has 2 aromatic rings. The van der Waals surface area contributed by atoms with E-state index in [-0.39, 0.29) is 17.0 Å². The smallest absolute Gasteiger partial charge is 0.138 e. The maximum atomic E-state index is 4.05. The van der Waals surface area contributed by atoms with Crippen molar-refractivity contribution < 1.29 is 0 Å². The van der Waals surface area contributed by atoms with Crippen LogP contribution in [0.25, 0.3) is 5.69 Å². The third kappa shape index (κ3) is 2.89. The molecule has 1 aromatic carbocycles. The third-order valence-corrected chi connectivity index (χ3v) is 2.56. The zero-order valence-electron chi connectivity index (χ0n) is 8.17. The van der Waals surface area contributed by atoms with E-state index in [9.17, 15) is 0 Å². The number of alkyl halides is 1. The second-order valence-corrected chi connectivity index (χ2v) is 4.42. The quantitative estimate of drug-likeness (QED) is 0.790. The second-order valence-electron chi connectivity index (χ2n) is 3.05. The molecule has 0 bridgehead atoms. The van der Waals surface area contributed by atoms with E-state index in [1.54, 1.807) is 11.0 Å². The molecule has 0 fully saturated rings. The van der Waals surface area contributed by atoms with Gasteiger partial charge in [-0.05, 0) is 24.6 Å². The van der Waals surface area contributed by atoms with Gasteiger partial charge in [-0.1, -0.05) is 28.1 Å². The summed E-state index contributed by atoms with van der Waals surface area (Å²) in [4.78, 5) is 4.28. The van der Waals surface area contributed by atoms with Crippen molar-refractivity contribution in [1.29, 1.82) is 0 Å². The number of hydrogen-bond donors (Lipinski definition) is 0. The SMILES string of the molecule is Br.CC(Br)c1ccc(-n2cncn2)cc1. The van der Waals surface area contributed by atoms with Crippen LogP contribution >= 0.6 is 32.9 Å². The topological polar surface area (TPSA) is 30.7 Å². The molecule has 80 valence electrons. The van der Waals surface area contributed by atoms with Gasteiger partial charge < -0.3 is 0 Å². The van der Waals surface area contributed by atoms with Crippen molar-refractivity contribution in [1.82, 2.24) is 14.8 Å². The maximum absolute atomic E-state index is 4.05. The lowest BCUT2D eigenvalue weighted by atomic mass is 10.1. The first-order valence-corrected chi connectivity index (χ1v) is 5.28. The van der Waals surface area contributed by atoms with Crippen molar-refractivity contribution in [2.24, 2.45) is 0 Å². The number of benzene rings is 1. The molecular weight excluding hydrogens is 322 g/mol. The van der Waals surface area contributed by atoms with Gasteiger partial charge in [0, 0.05) is 4.83 Å². The van der Waals surface area contributed by atoms with E-state index in [0.29, 0.717) is 4.83 Å². The number of aromatic nitrogens is 3. The predicted molar refractivity (Wildman–Crippen MR) is 69.0 cm³/mol. The molecule has 1 heterocycles. The highest BCUT2D eigenvalue weighted by Crippen LogP contribution is 2.22. The molecular formula is C10H11Br2N3. The molecule has 1 aromatic heterocycles. The van der Waals surface area contributed by atoms with E-state index in [4.69, 9.17) is 0 Å². The van der Waals surface area contributed by atoms with Gasteiger partial charge in [0.2, 0.25) is 0 Å². The van der Waals surface area contributed by atoms with Gasteiger partial charge in [-0.25, -0.2) is 9.67 Å². The van der Waals surface area contributed by atoms with Gasteiger partial charge in [0.15, 0.2) is 0 Å². The minimum Gasteiger partial charge on any atom is -0.223 e. The van der Waals surface area contributed by atoms with Crippen LogP contribution in [0.1, 0.15) is 17.3 Å². The van der Waals surface area contributed by atoms with Gasteiger partial charge in [-0.2, -0.15) is 5.10 Å². The average molecular weight is 333 g/mol. The Morgan fingerprint density at radius 2 is 1.93 bits per heavy atom. The summed E-state index contributed by atoms with van der Waals surface area (Å²) in [7, 11) is 0. The van der Waals surface area contributed by atoms with Gasteiger partial charge in [-0.15, -0.1) is 17.0 Å². The summed E-state index contributed by atoms with van der Waals surface area (Å²) >= 11 is 3.52. The largest absolute Gasteiger partial charge is 0.223 e. The minimum atomic E-state index is 0. The van der Waals surface area contributed by atoms with Crippen molar-refractivity contribution in [2.75, 3.05) is 0 Å². The lowest BCUT2D eigenvalue weighted by molar-refractivity contribution is 0.877. The molecule has 0 radical (unpaired) electrons. The van der Waals surface area contributed by atoms with Crippen molar-refractivity contribution in [3.63, 3.8) is 0 Å². The highest BCUT2D eigenvalue weighted by Gasteiger charge is 2.01. The Kier molecular flexibility index (Phi) is 4.47. The summed E-state index contributed by atoms with van der Waals surface area (Å²) in [6, 6.07) is 8.22. The lowest BCUT2D eigenvalue weighted by Gasteiger charge is -2.04. The van der Waals surface area contributed by atoms with E-state index in [2.05, 4.69) is 45.1 Å². The van der Waals surface area contributed by atoms with Crippen LogP contribution < -0.4 is 0 Å². The number of nitrogens with zero attached hydrogens (tertiary/aromatic N) is 3. The normalized spacial score (nSPS) is 11.9. The summed E-state index contributed by atoms with van der Waals surface area (Å²) in [5, 5.41) is 4.05. The van der Waals surface area contributed by atoms with E-state index >= 15 is 0 Å². The molecule has 5 heteroatoms. The van der Waals surface area contributed by atoms with Gasteiger partial charge >= 0.3 is 0 Å². The molecule has 0 N–H and O–H groups in total. The van der Waals surface area contributed by atoms with Crippen LogP contribution in [0.15, 0.2) is 36.9 Å². The summed E-state index contributed by atoms with van der Waals surface area (Å²) < 4.78 is 1.74. The average Bonchev–Trinajstić information content (AvgIpc) is 2.71. The van der Waals surface area contributed by atoms with Gasteiger partial charge in [0.05, 0.1) is 5.69 Å². The van der Waals surface area contributed by atoms with Crippen LogP contribution in [0.5, 0.6) is 0 Å². The Hall–Kier alpha value is -0.680. The van der Waals surface area contributed by atoms with Crippen LogP contribution in [0.3, 0.4) is 0 Å². The van der Waals surface area contributed by atoms with Crippen molar-refractivity contribution in [3.8, 4) is 5.69 Å². The van der Waals surface area contributed by atoms with Gasteiger partial charge in [0.1, 0.15) is 12.7 Å². The summed E-state index contributed by atoms with van der Waals surface area (Å²) in [5.74, 6) is 0. The van der Waals surface area contributed by atoms with E-state index in [0.717, 1.165) is 5.69 Å². The zero-order chi connectivity index (χ0) is 9.97. The molecule has 3 nitrogen and oxygen atoms in total. The van der Waals surface area contributed by atoms with E-state index in [1.165, 1.54) is 11.9 Å². The Morgan fingerprint density at radius 3 is 2.40 bits per heavy atom. The molecule has 0 saturated heterocycles. The molecule has 0 amide bonds. The van der Waals surface area contributed by atoms with Gasteiger partial charge in [-0.3, -0.25) is 0 Å². The van der Waals surface area contributed by atoms with Crippen LogP contribution in [-0.2, 0) is 0 Å². The Labute approximate surface area is 107 Å². The number of halogens is 2. The Balaban J connectivity index is 0.00000112. The lowest BCUT2D eigenvalue weighted by Crippen LogP contribution is -1.94. The first-order valence-electron chi connectivity index (χ1n) is 4.36. The molecule has 0 saturated carbocycles. The van der Waals surface area contributed by atoms with Crippen LogP contribution in [-0.4, -0.2) is 14.8 Å². The fourth-order valence-corrected chi connectivity index (χ4v) is 1.54. The Morgan fingerprint density at radius 1 is 1.27 bits per heavy atom. The number of rotatable bonds is 2. The summed E-state index contributed by atoms with van der Waals surface area (Å²) in [5.41, 5.74) is 2.29. The van der Waals surface area contributed by atoms with Crippen molar-refractivity contribution in [2.45, 2.75) is 11.8 Å². The first-order chi connectivity index (χ1) is 6.77. The van der Waals surface area contributed by atoms with E-state index < -0.39 is 0 Å². The molecule has 0 aliphatic rings. The summed E-state index contributed by atoms with van der Waals surface area (Å²) in [6.45, 7) is 2.10. The highest BCUT2D eigenvalue weighted by molar-refractivity contribution is 9.09. The maximum Gasteiger partial charge on any atom is 0.138 e. The first kappa shape index (κ1) is 12.4. The summed E-state index contributed by atoms with van der Waals surface area (Å²) in [6.07, 6.45) is 3.22. The molecule has 0 aliphatic carbocycles. The monoisotopic (exact) mass is 331 g/mol. The standard InChI is InChI=1S/C10H10BrN3.BrH/c1-8(11)9-2-4-10(5-3-9)14-7-12-6-13-14;/h2-8H,1H3;1H.